The fourth-order valence-corrected chi connectivity index (χ4v) is 4.15. The Morgan fingerprint density at radius 3 is 1.81 bits per heavy atom. The molecular weight excluding hydrogens is 571 g/mol. The molecule has 0 aliphatic rings. The van der Waals surface area contributed by atoms with Gasteiger partial charge in [0.25, 0.3) is 0 Å². The van der Waals surface area contributed by atoms with Crippen LogP contribution in [-0.2, 0) is 21.1 Å². The Labute approximate surface area is 201 Å². The molecule has 0 aliphatic carbocycles. The number of benzene rings is 4. The van der Waals surface area contributed by atoms with E-state index in [-0.39, 0.29) is 21.1 Å². The van der Waals surface area contributed by atoms with E-state index in [1.54, 1.807) is 0 Å². The van der Waals surface area contributed by atoms with Gasteiger partial charge in [-0.25, -0.2) is 0 Å². The Bertz CT molecular complexity index is 1520. The Morgan fingerprint density at radius 2 is 1.12 bits per heavy atom. The van der Waals surface area contributed by atoms with Crippen LogP contribution in [-0.4, -0.2) is 4.98 Å². The third kappa shape index (κ3) is 3.47. The van der Waals surface area contributed by atoms with Crippen molar-refractivity contribution in [2.45, 2.75) is 0 Å². The number of hydrogen-bond acceptors (Lipinski definition) is 1. The van der Waals surface area contributed by atoms with Crippen LogP contribution >= 0.6 is 0 Å². The molecule has 32 heavy (non-hydrogen) atoms. The van der Waals surface area contributed by atoms with E-state index in [4.69, 9.17) is 9.97 Å². The summed E-state index contributed by atoms with van der Waals surface area (Å²) in [5, 5.41) is 2.29. The average molecular weight is 589 g/mol. The molecular formula is C29H17N2Pt-3. The van der Waals surface area contributed by atoms with Gasteiger partial charge in [0.05, 0.1) is 5.69 Å². The predicted molar refractivity (Wildman–Crippen MR) is 127 cm³/mol. The zero-order valence-electron chi connectivity index (χ0n) is 17.0. The molecule has 3 heteroatoms. The van der Waals surface area contributed by atoms with Gasteiger partial charge < -0.3 is 4.98 Å². The first kappa shape index (κ1) is 20.4. The van der Waals surface area contributed by atoms with Gasteiger partial charge in [0.15, 0.2) is 0 Å². The minimum Gasteiger partial charge on any atom is -0.664 e. The van der Waals surface area contributed by atoms with Crippen LogP contribution in [0.25, 0.3) is 55.4 Å². The van der Waals surface area contributed by atoms with Crippen molar-refractivity contribution in [2.75, 3.05) is 0 Å². The van der Waals surface area contributed by atoms with Crippen molar-refractivity contribution in [3.63, 3.8) is 0 Å². The molecule has 6 rings (SSSR count). The summed E-state index contributed by atoms with van der Waals surface area (Å²) < 4.78 is 0. The molecule has 4 aromatic carbocycles. The van der Waals surface area contributed by atoms with Crippen molar-refractivity contribution in [3.8, 4) is 33.6 Å². The van der Waals surface area contributed by atoms with Crippen molar-refractivity contribution < 1.29 is 21.1 Å². The van der Waals surface area contributed by atoms with Crippen LogP contribution in [0.2, 0.25) is 0 Å². The number of pyridine rings is 1. The number of nitrogens with zero attached hydrogens (tertiary/aromatic N) is 2. The fraction of sp³-hybridized carbons (Fsp3) is 0. The molecule has 0 radical (unpaired) electrons. The van der Waals surface area contributed by atoms with Crippen molar-refractivity contribution in [2.24, 2.45) is 0 Å². The van der Waals surface area contributed by atoms with Crippen LogP contribution in [0, 0.1) is 12.1 Å². The molecule has 6 aromatic rings. The summed E-state index contributed by atoms with van der Waals surface area (Å²) >= 11 is 0. The molecule has 156 valence electrons. The van der Waals surface area contributed by atoms with Crippen molar-refractivity contribution in [1.82, 2.24) is 9.97 Å². The normalized spacial score (nSPS) is 10.9. The summed E-state index contributed by atoms with van der Waals surface area (Å²) in [4.78, 5) is 10.0. The van der Waals surface area contributed by atoms with E-state index >= 15 is 0 Å². The zero-order valence-corrected chi connectivity index (χ0v) is 19.3. The summed E-state index contributed by atoms with van der Waals surface area (Å²) in [5.74, 6) is 0. The second kappa shape index (κ2) is 8.57. The fourth-order valence-electron chi connectivity index (χ4n) is 4.15. The number of para-hydroxylation sites is 2. The molecule has 0 saturated carbocycles. The molecule has 0 saturated heterocycles. The molecule has 2 aromatic heterocycles. The zero-order chi connectivity index (χ0) is 20.6. The SMILES string of the molecule is [Pt].[c-]1ccccc1-c1cccc(-c2cccc3c2[n-]c2c(-c4[c-]cccc4)cccc23)n1. The quantitative estimate of drug-likeness (QED) is 0.210. The van der Waals surface area contributed by atoms with Crippen molar-refractivity contribution >= 4 is 21.8 Å². The van der Waals surface area contributed by atoms with Crippen molar-refractivity contribution in [1.29, 1.82) is 0 Å². The average Bonchev–Trinajstić information content (AvgIpc) is 3.24. The van der Waals surface area contributed by atoms with Gasteiger partial charge >= 0.3 is 0 Å². The number of rotatable bonds is 3. The predicted octanol–water partition coefficient (Wildman–Crippen LogP) is 6.94. The van der Waals surface area contributed by atoms with Crippen molar-refractivity contribution in [3.05, 3.63) is 115 Å². The Hall–Kier alpha value is -3.48. The summed E-state index contributed by atoms with van der Waals surface area (Å²) in [6, 6.07) is 41.4. The maximum Gasteiger partial charge on any atom is 0.0583 e. The molecule has 0 amide bonds. The summed E-state index contributed by atoms with van der Waals surface area (Å²) in [7, 11) is 0. The Kier molecular flexibility index (Phi) is 5.47. The second-order valence-corrected chi connectivity index (χ2v) is 7.48. The van der Waals surface area contributed by atoms with Gasteiger partial charge in [0.1, 0.15) is 0 Å². The third-order valence-electron chi connectivity index (χ3n) is 5.60. The summed E-state index contributed by atoms with van der Waals surface area (Å²) in [5.41, 5.74) is 7.97. The summed E-state index contributed by atoms with van der Waals surface area (Å²) in [6.07, 6.45) is 0. The molecule has 0 N–H and O–H groups in total. The molecule has 2 heterocycles. The van der Waals surface area contributed by atoms with Gasteiger partial charge in [-0.05, 0) is 28.1 Å². The minimum atomic E-state index is 0. The van der Waals surface area contributed by atoms with Gasteiger partial charge in [0.2, 0.25) is 0 Å². The van der Waals surface area contributed by atoms with Crippen LogP contribution < -0.4 is 4.98 Å². The maximum atomic E-state index is 5.10. The van der Waals surface area contributed by atoms with E-state index in [9.17, 15) is 0 Å². The van der Waals surface area contributed by atoms with E-state index < -0.39 is 0 Å². The van der Waals surface area contributed by atoms with Crippen LogP contribution in [0.1, 0.15) is 0 Å². The Balaban J connectivity index is 0.00000216. The third-order valence-corrected chi connectivity index (χ3v) is 5.60. The number of hydrogen-bond donors (Lipinski definition) is 0. The first-order valence-electron chi connectivity index (χ1n) is 10.3. The van der Waals surface area contributed by atoms with Crippen LogP contribution in [0.3, 0.4) is 0 Å². The second-order valence-electron chi connectivity index (χ2n) is 7.48. The molecule has 0 spiro atoms. The molecule has 0 aliphatic heterocycles. The topological polar surface area (TPSA) is 27.0 Å². The van der Waals surface area contributed by atoms with E-state index in [2.05, 4.69) is 54.6 Å². The van der Waals surface area contributed by atoms with Gasteiger partial charge in [-0.1, -0.05) is 48.5 Å². The van der Waals surface area contributed by atoms with Crippen LogP contribution in [0.5, 0.6) is 0 Å². The molecule has 0 bridgehead atoms. The largest absolute Gasteiger partial charge is 0.664 e. The van der Waals surface area contributed by atoms with E-state index in [1.165, 1.54) is 0 Å². The van der Waals surface area contributed by atoms with Gasteiger partial charge in [0, 0.05) is 21.1 Å². The van der Waals surface area contributed by atoms with E-state index in [0.717, 1.165) is 55.4 Å². The standard InChI is InChI=1S/C29H17N2.Pt/c1-3-10-20(11-4-1)22-14-7-15-23-24-16-8-17-25(29(24)31-28(22)23)27-19-9-18-26(30-27)21-12-5-2-6-13-21;/h1-10,12,14-19H;/q-3;. The first-order chi connectivity index (χ1) is 15.4. The van der Waals surface area contributed by atoms with Gasteiger partial charge in [-0.15, -0.1) is 82.9 Å². The number of aromatic nitrogens is 2. The molecule has 2 nitrogen and oxygen atoms in total. The van der Waals surface area contributed by atoms with Crippen LogP contribution in [0.4, 0.5) is 0 Å². The molecule has 0 atom stereocenters. The van der Waals surface area contributed by atoms with Crippen LogP contribution in [0.15, 0.2) is 103 Å². The maximum absolute atomic E-state index is 5.10. The summed E-state index contributed by atoms with van der Waals surface area (Å²) in [6.45, 7) is 0. The number of fused-ring (bicyclic) bond motifs is 3. The molecule has 0 unspecified atom stereocenters. The first-order valence-corrected chi connectivity index (χ1v) is 10.3. The smallest absolute Gasteiger partial charge is 0.0583 e. The van der Waals surface area contributed by atoms with Gasteiger partial charge in [-0.2, -0.15) is 5.52 Å². The monoisotopic (exact) mass is 588 g/mol. The van der Waals surface area contributed by atoms with E-state index in [1.807, 2.05) is 60.7 Å². The minimum absolute atomic E-state index is 0. The Morgan fingerprint density at radius 1 is 0.531 bits per heavy atom. The van der Waals surface area contributed by atoms with E-state index in [0.29, 0.717) is 0 Å². The molecule has 0 fully saturated rings. The van der Waals surface area contributed by atoms with Gasteiger partial charge in [-0.3, -0.25) is 4.98 Å².